The summed E-state index contributed by atoms with van der Waals surface area (Å²) in [6, 6.07) is 4.98. The maximum atomic E-state index is 12.3. The van der Waals surface area contributed by atoms with Crippen LogP contribution in [0, 0.1) is 0 Å². The first-order valence-electron chi connectivity index (χ1n) is 5.65. The number of likely N-dealkylation sites (N-methyl/N-ethyl adjacent to an activating group) is 1. The van der Waals surface area contributed by atoms with Gasteiger partial charge in [-0.1, -0.05) is 34.5 Å². The smallest absolute Gasteiger partial charge is 0.387 e. The van der Waals surface area contributed by atoms with Gasteiger partial charge in [0.1, 0.15) is 5.75 Å². The van der Waals surface area contributed by atoms with Gasteiger partial charge in [-0.05, 0) is 31.7 Å². The zero-order valence-electron chi connectivity index (χ0n) is 10.3. The van der Waals surface area contributed by atoms with Gasteiger partial charge in [0.15, 0.2) is 0 Å². The first-order valence-corrected chi connectivity index (χ1v) is 6.44. The summed E-state index contributed by atoms with van der Waals surface area (Å²) >= 11 is 3.33. The molecule has 18 heavy (non-hydrogen) atoms. The highest BCUT2D eigenvalue weighted by Gasteiger charge is 2.09. The largest absolute Gasteiger partial charge is 0.434 e. The predicted octanol–water partition coefficient (Wildman–Crippen LogP) is 4.06. The lowest BCUT2D eigenvalue weighted by Crippen LogP contribution is -2.10. The van der Waals surface area contributed by atoms with E-state index in [2.05, 4.69) is 26.0 Å². The van der Waals surface area contributed by atoms with Gasteiger partial charge in [-0.3, -0.25) is 0 Å². The zero-order chi connectivity index (χ0) is 13.5. The minimum absolute atomic E-state index is 0.190. The van der Waals surface area contributed by atoms with E-state index in [1.807, 2.05) is 20.0 Å². The molecule has 0 saturated carbocycles. The molecule has 0 unspecified atom stereocenters. The second kappa shape index (κ2) is 7.48. The third-order valence-corrected chi connectivity index (χ3v) is 2.90. The number of alkyl halides is 2. The molecule has 0 aliphatic rings. The van der Waals surface area contributed by atoms with Gasteiger partial charge in [0, 0.05) is 16.6 Å². The molecule has 100 valence electrons. The van der Waals surface area contributed by atoms with Crippen LogP contribution >= 0.6 is 15.9 Å². The Hall–Kier alpha value is -0.940. The van der Waals surface area contributed by atoms with E-state index in [-0.39, 0.29) is 5.75 Å². The Morgan fingerprint density at radius 2 is 2.22 bits per heavy atom. The van der Waals surface area contributed by atoms with Crippen molar-refractivity contribution in [3.05, 3.63) is 33.8 Å². The molecule has 0 aromatic heterocycles. The van der Waals surface area contributed by atoms with Gasteiger partial charge in [-0.2, -0.15) is 8.78 Å². The number of ether oxygens (including phenoxy) is 1. The van der Waals surface area contributed by atoms with Crippen LogP contribution in [0.1, 0.15) is 18.9 Å². The van der Waals surface area contributed by atoms with E-state index in [1.165, 1.54) is 6.07 Å². The summed E-state index contributed by atoms with van der Waals surface area (Å²) in [6.07, 6.45) is 2.72. The Balaban J connectivity index is 3.07. The molecule has 0 saturated heterocycles. The van der Waals surface area contributed by atoms with Gasteiger partial charge < -0.3 is 10.1 Å². The lowest BCUT2D eigenvalue weighted by molar-refractivity contribution is -0.0500. The Labute approximate surface area is 114 Å². The molecule has 0 amide bonds. The van der Waals surface area contributed by atoms with Crippen molar-refractivity contribution < 1.29 is 13.5 Å². The molecular formula is C13H16BrF2NO. The van der Waals surface area contributed by atoms with E-state index in [4.69, 9.17) is 0 Å². The first-order chi connectivity index (χ1) is 8.56. The number of hydrogen-bond donors (Lipinski definition) is 1. The maximum absolute atomic E-state index is 12.3. The fraction of sp³-hybridized carbons (Fsp3) is 0.385. The molecule has 5 heteroatoms. The predicted molar refractivity (Wildman–Crippen MR) is 73.0 cm³/mol. The molecule has 1 aromatic rings. The Kier molecular flexibility index (Phi) is 6.29. The van der Waals surface area contributed by atoms with Crippen LogP contribution in [0.3, 0.4) is 0 Å². The van der Waals surface area contributed by atoms with Crippen LogP contribution in [0.2, 0.25) is 0 Å². The van der Waals surface area contributed by atoms with E-state index in [0.717, 1.165) is 23.0 Å². The van der Waals surface area contributed by atoms with E-state index in [0.29, 0.717) is 5.56 Å². The molecule has 1 N–H and O–H groups in total. The lowest BCUT2D eigenvalue weighted by Gasteiger charge is -2.10. The Morgan fingerprint density at radius 3 is 2.78 bits per heavy atom. The van der Waals surface area contributed by atoms with Crippen molar-refractivity contribution in [2.75, 3.05) is 13.6 Å². The summed E-state index contributed by atoms with van der Waals surface area (Å²) < 4.78 is 29.9. The minimum Gasteiger partial charge on any atom is -0.434 e. The summed E-state index contributed by atoms with van der Waals surface area (Å²) in [5, 5.41) is 3.04. The van der Waals surface area contributed by atoms with Crippen LogP contribution in [0.15, 0.2) is 28.2 Å². The zero-order valence-corrected chi connectivity index (χ0v) is 11.9. The van der Waals surface area contributed by atoms with Gasteiger partial charge >= 0.3 is 6.61 Å². The highest BCUT2D eigenvalue weighted by atomic mass is 79.9. The minimum atomic E-state index is -2.81. The summed E-state index contributed by atoms with van der Waals surface area (Å²) in [5.74, 6) is 0.190. The highest BCUT2D eigenvalue weighted by Crippen LogP contribution is 2.27. The van der Waals surface area contributed by atoms with Crippen molar-refractivity contribution in [1.29, 1.82) is 0 Å². The summed E-state index contributed by atoms with van der Waals surface area (Å²) in [6.45, 7) is -0.0703. The van der Waals surface area contributed by atoms with E-state index < -0.39 is 6.61 Å². The average molecular weight is 320 g/mol. The quantitative estimate of drug-likeness (QED) is 0.853. The van der Waals surface area contributed by atoms with E-state index >= 15 is 0 Å². The molecule has 0 spiro atoms. The van der Waals surface area contributed by atoms with Crippen molar-refractivity contribution >= 4 is 22.0 Å². The number of hydrogen-bond acceptors (Lipinski definition) is 2. The van der Waals surface area contributed by atoms with Crippen LogP contribution in [0.4, 0.5) is 8.78 Å². The van der Waals surface area contributed by atoms with Crippen molar-refractivity contribution in [2.24, 2.45) is 0 Å². The summed E-state index contributed by atoms with van der Waals surface area (Å²) in [7, 11) is 1.85. The van der Waals surface area contributed by atoms with Gasteiger partial charge in [-0.25, -0.2) is 0 Å². The van der Waals surface area contributed by atoms with Gasteiger partial charge in [0.2, 0.25) is 0 Å². The average Bonchev–Trinajstić information content (AvgIpc) is 2.31. The van der Waals surface area contributed by atoms with Crippen molar-refractivity contribution in [2.45, 2.75) is 20.0 Å². The fourth-order valence-electron chi connectivity index (χ4n) is 1.56. The van der Waals surface area contributed by atoms with Crippen molar-refractivity contribution in [3.8, 4) is 5.75 Å². The molecule has 0 bridgehead atoms. The molecule has 0 fully saturated rings. The van der Waals surface area contributed by atoms with Crippen LogP contribution in [0.25, 0.3) is 6.08 Å². The molecule has 0 heterocycles. The van der Waals surface area contributed by atoms with E-state index in [9.17, 15) is 8.78 Å². The SMILES string of the molecule is CCC(=Cc1cc(Br)ccc1OC(F)F)CNC. The normalized spacial score (nSPS) is 12.0. The van der Waals surface area contributed by atoms with E-state index in [1.54, 1.807) is 12.1 Å². The number of halogens is 3. The van der Waals surface area contributed by atoms with Gasteiger partial charge in [0.05, 0.1) is 0 Å². The molecule has 0 aliphatic heterocycles. The third kappa shape index (κ3) is 4.74. The van der Waals surface area contributed by atoms with Gasteiger partial charge in [-0.15, -0.1) is 0 Å². The first kappa shape index (κ1) is 15.1. The van der Waals surface area contributed by atoms with Crippen molar-refractivity contribution in [3.63, 3.8) is 0 Å². The maximum Gasteiger partial charge on any atom is 0.387 e. The fourth-order valence-corrected chi connectivity index (χ4v) is 1.94. The summed E-state index contributed by atoms with van der Waals surface area (Å²) in [4.78, 5) is 0. The number of benzene rings is 1. The standard InChI is InChI=1S/C13H16BrF2NO/c1-3-9(8-17-2)6-10-7-11(14)4-5-12(10)18-13(15)16/h4-7,13,17H,3,8H2,1-2H3. The monoisotopic (exact) mass is 319 g/mol. The molecular weight excluding hydrogens is 304 g/mol. The molecule has 0 radical (unpaired) electrons. The summed E-state index contributed by atoms with van der Waals surface area (Å²) in [5.41, 5.74) is 1.77. The molecule has 0 atom stereocenters. The molecule has 1 rings (SSSR count). The molecule has 0 aliphatic carbocycles. The van der Waals surface area contributed by atoms with Gasteiger partial charge in [0.25, 0.3) is 0 Å². The van der Waals surface area contributed by atoms with Crippen LogP contribution in [0.5, 0.6) is 5.75 Å². The van der Waals surface area contributed by atoms with Crippen LogP contribution in [-0.2, 0) is 0 Å². The Morgan fingerprint density at radius 1 is 1.50 bits per heavy atom. The number of nitrogens with one attached hydrogen (secondary N) is 1. The number of rotatable bonds is 6. The Bertz CT molecular complexity index is 421. The second-order valence-corrected chi connectivity index (χ2v) is 4.66. The molecule has 2 nitrogen and oxygen atoms in total. The second-order valence-electron chi connectivity index (χ2n) is 3.75. The third-order valence-electron chi connectivity index (χ3n) is 2.41. The van der Waals surface area contributed by atoms with Crippen molar-refractivity contribution in [1.82, 2.24) is 5.32 Å². The highest BCUT2D eigenvalue weighted by molar-refractivity contribution is 9.10. The lowest BCUT2D eigenvalue weighted by atomic mass is 10.1. The molecule has 1 aromatic carbocycles. The topological polar surface area (TPSA) is 21.3 Å². The van der Waals surface area contributed by atoms with Crippen LogP contribution in [-0.4, -0.2) is 20.2 Å². The van der Waals surface area contributed by atoms with Crippen LogP contribution < -0.4 is 10.1 Å².